The molecule has 0 aromatic carbocycles. The van der Waals surface area contributed by atoms with Crippen molar-refractivity contribution in [1.29, 1.82) is 0 Å². The van der Waals surface area contributed by atoms with Gasteiger partial charge in [0.25, 0.3) is 0 Å². The van der Waals surface area contributed by atoms with E-state index in [1.165, 1.54) is 0 Å². The van der Waals surface area contributed by atoms with E-state index in [0.717, 1.165) is 0 Å². The zero-order valence-corrected chi connectivity index (χ0v) is 13.4. The van der Waals surface area contributed by atoms with E-state index in [-0.39, 0.29) is 17.7 Å². The number of carbonyl (C=O) groups is 2. The zero-order valence-electron chi connectivity index (χ0n) is 11.2. The van der Waals surface area contributed by atoms with E-state index in [1.54, 1.807) is 6.92 Å². The molecule has 17 heavy (non-hydrogen) atoms. The van der Waals surface area contributed by atoms with E-state index in [2.05, 4.69) is 33.2 Å². The molecule has 0 aromatic heterocycles. The fraction of sp³-hybridized carbons (Fsp3) is 0.818. The van der Waals surface area contributed by atoms with Crippen LogP contribution in [0, 0.1) is 5.92 Å². The molecule has 0 aliphatic rings. The Morgan fingerprint density at radius 2 is 1.65 bits per heavy atom. The van der Waals surface area contributed by atoms with Gasteiger partial charge >= 0.3 is 0 Å². The summed E-state index contributed by atoms with van der Waals surface area (Å²) in [4.78, 5) is 24.9. The number of halogens is 1. The van der Waals surface area contributed by atoms with Crippen molar-refractivity contribution < 1.29 is 9.59 Å². The van der Waals surface area contributed by atoms with Gasteiger partial charge in [-0.2, -0.15) is 0 Å². The van der Waals surface area contributed by atoms with Crippen LogP contribution in [-0.2, 0) is 9.59 Å². The summed E-state index contributed by atoms with van der Waals surface area (Å²) in [6, 6.07) is -1.11. The molecule has 0 radical (unpaired) electrons. The van der Waals surface area contributed by atoms with Crippen molar-refractivity contribution in [2.24, 2.45) is 11.7 Å². The fourth-order valence-corrected chi connectivity index (χ4v) is 1.10. The maximum atomic E-state index is 11.6. The second kappa shape index (κ2) is 10.8. The number of likely N-dealkylation sites (N-methyl/N-ethyl adjacent to an activating group) is 1. The minimum Gasteiger partial charge on any atom is -0.355 e. The van der Waals surface area contributed by atoms with Gasteiger partial charge in [-0.3, -0.25) is 9.59 Å². The number of hydrogen-bond acceptors (Lipinski definition) is 3. The van der Waals surface area contributed by atoms with Crippen molar-refractivity contribution in [1.82, 2.24) is 10.6 Å². The molecule has 4 N–H and O–H groups in total. The first kappa shape index (κ1) is 19.0. The quantitative estimate of drug-likeness (QED) is 0.499. The van der Waals surface area contributed by atoms with Crippen LogP contribution in [-0.4, -0.2) is 35.4 Å². The van der Waals surface area contributed by atoms with Crippen molar-refractivity contribution in [3.8, 4) is 0 Å². The smallest absolute Gasteiger partial charge is 0.242 e. The molecule has 0 aliphatic carbocycles. The molecule has 2 atom stereocenters. The predicted molar refractivity (Wildman–Crippen MR) is 79.0 cm³/mol. The van der Waals surface area contributed by atoms with Gasteiger partial charge in [-0.1, -0.05) is 36.4 Å². The topological polar surface area (TPSA) is 84.2 Å². The lowest BCUT2D eigenvalue weighted by Crippen LogP contribution is -2.53. The predicted octanol–water partition coefficient (Wildman–Crippen LogP) is 0.662. The molecule has 0 fully saturated rings. The van der Waals surface area contributed by atoms with Crippen molar-refractivity contribution in [3.05, 3.63) is 0 Å². The highest BCUT2D eigenvalue weighted by molar-refractivity contribution is 14.1. The largest absolute Gasteiger partial charge is 0.355 e. The lowest BCUT2D eigenvalue weighted by atomic mass is 10.0. The number of carbonyl (C=O) groups excluding carboxylic acids is 2. The Morgan fingerprint density at radius 3 is 1.94 bits per heavy atom. The summed E-state index contributed by atoms with van der Waals surface area (Å²) in [6.07, 6.45) is 0. The standard InChI is InChI=1S/C10H21N3O2.CH3I/c1-5-12-10(15)8(6(2)3)13-9(14)7(4)11;1-2/h6-8H,5,11H2,1-4H3,(H,12,15)(H,13,14);1H3/t7-,8-;/m0./s1. The molecule has 0 spiro atoms. The highest BCUT2D eigenvalue weighted by atomic mass is 127. The average molecular weight is 357 g/mol. The fourth-order valence-electron chi connectivity index (χ4n) is 1.10. The minimum absolute atomic E-state index is 0.0410. The lowest BCUT2D eigenvalue weighted by Gasteiger charge is -2.22. The molecular weight excluding hydrogens is 333 g/mol. The van der Waals surface area contributed by atoms with E-state index in [0.29, 0.717) is 6.54 Å². The van der Waals surface area contributed by atoms with Gasteiger partial charge in [-0.25, -0.2) is 0 Å². The average Bonchev–Trinajstić information content (AvgIpc) is 2.27. The molecule has 0 aliphatic heterocycles. The third kappa shape index (κ3) is 8.37. The van der Waals surface area contributed by atoms with Gasteiger partial charge < -0.3 is 16.4 Å². The van der Waals surface area contributed by atoms with Crippen molar-refractivity contribution >= 4 is 34.4 Å². The molecule has 0 saturated heterocycles. The summed E-state index contributed by atoms with van der Waals surface area (Å²) in [5.41, 5.74) is 5.41. The van der Waals surface area contributed by atoms with Crippen LogP contribution >= 0.6 is 22.6 Å². The van der Waals surface area contributed by atoms with Gasteiger partial charge in [0.15, 0.2) is 0 Å². The third-order valence-electron chi connectivity index (χ3n) is 2.01. The second-order valence-electron chi connectivity index (χ2n) is 3.91. The lowest BCUT2D eigenvalue weighted by molar-refractivity contribution is -0.130. The van der Waals surface area contributed by atoms with Crippen LogP contribution in [0.2, 0.25) is 0 Å². The number of rotatable bonds is 5. The highest BCUT2D eigenvalue weighted by Gasteiger charge is 2.24. The van der Waals surface area contributed by atoms with Gasteiger partial charge in [0.2, 0.25) is 11.8 Å². The molecule has 6 heteroatoms. The maximum absolute atomic E-state index is 11.6. The molecule has 0 rings (SSSR count). The summed E-state index contributed by atoms with van der Waals surface area (Å²) in [6.45, 7) is 7.73. The Kier molecular flexibility index (Phi) is 12.0. The monoisotopic (exact) mass is 357 g/mol. The van der Waals surface area contributed by atoms with E-state index >= 15 is 0 Å². The number of alkyl halides is 1. The molecule has 102 valence electrons. The Morgan fingerprint density at radius 1 is 1.18 bits per heavy atom. The summed E-state index contributed by atoms with van der Waals surface area (Å²) in [5, 5.41) is 5.30. The normalized spacial score (nSPS) is 13.2. The Balaban J connectivity index is 0. The summed E-state index contributed by atoms with van der Waals surface area (Å²) in [7, 11) is 0. The Hall–Kier alpha value is -0.370. The molecule has 2 amide bonds. The van der Waals surface area contributed by atoms with Crippen LogP contribution in [0.15, 0.2) is 0 Å². The minimum atomic E-state index is -0.597. The number of amides is 2. The highest BCUT2D eigenvalue weighted by Crippen LogP contribution is 2.01. The van der Waals surface area contributed by atoms with Gasteiger partial charge in [-0.05, 0) is 24.7 Å². The SMILES string of the molecule is CCNC(=O)[C@@H](NC(=O)[C@H](C)N)C(C)C.CI. The van der Waals surface area contributed by atoms with Gasteiger partial charge in [0.05, 0.1) is 6.04 Å². The van der Waals surface area contributed by atoms with Crippen LogP contribution in [0.5, 0.6) is 0 Å². The van der Waals surface area contributed by atoms with Crippen LogP contribution in [0.1, 0.15) is 27.7 Å². The van der Waals surface area contributed by atoms with E-state index in [1.807, 2.05) is 25.7 Å². The molecular formula is C11H24IN3O2. The number of hydrogen-bond donors (Lipinski definition) is 3. The van der Waals surface area contributed by atoms with Gasteiger partial charge in [-0.15, -0.1) is 0 Å². The van der Waals surface area contributed by atoms with E-state index in [4.69, 9.17) is 5.73 Å². The van der Waals surface area contributed by atoms with E-state index < -0.39 is 12.1 Å². The molecule has 0 bridgehead atoms. The van der Waals surface area contributed by atoms with Crippen molar-refractivity contribution in [3.63, 3.8) is 0 Å². The zero-order chi connectivity index (χ0) is 14.0. The van der Waals surface area contributed by atoms with Crippen LogP contribution in [0.25, 0.3) is 0 Å². The molecule has 0 saturated carbocycles. The first-order chi connectivity index (χ1) is 7.90. The summed E-state index contributed by atoms with van der Waals surface area (Å²) in [5.74, 6) is -0.430. The summed E-state index contributed by atoms with van der Waals surface area (Å²) >= 11 is 2.15. The molecule has 0 unspecified atom stereocenters. The number of nitrogens with one attached hydrogen (secondary N) is 2. The van der Waals surface area contributed by atoms with Crippen LogP contribution < -0.4 is 16.4 Å². The van der Waals surface area contributed by atoms with Crippen molar-refractivity contribution in [2.75, 3.05) is 11.5 Å². The maximum Gasteiger partial charge on any atom is 0.242 e. The van der Waals surface area contributed by atoms with Gasteiger partial charge in [0.1, 0.15) is 6.04 Å². The number of nitrogens with two attached hydrogens (primary N) is 1. The molecule has 5 nitrogen and oxygen atoms in total. The summed E-state index contributed by atoms with van der Waals surface area (Å²) < 4.78 is 0. The first-order valence-corrected chi connectivity index (χ1v) is 7.77. The Labute approximate surface area is 117 Å². The molecule has 0 heterocycles. The van der Waals surface area contributed by atoms with Crippen LogP contribution in [0.3, 0.4) is 0 Å². The second-order valence-corrected chi connectivity index (χ2v) is 3.91. The first-order valence-electron chi connectivity index (χ1n) is 5.61. The van der Waals surface area contributed by atoms with Gasteiger partial charge in [0, 0.05) is 6.54 Å². The third-order valence-corrected chi connectivity index (χ3v) is 2.01. The van der Waals surface area contributed by atoms with E-state index in [9.17, 15) is 9.59 Å². The Bertz CT molecular complexity index is 233. The van der Waals surface area contributed by atoms with Crippen LogP contribution in [0.4, 0.5) is 0 Å². The van der Waals surface area contributed by atoms with Crippen molar-refractivity contribution in [2.45, 2.75) is 39.8 Å². The molecule has 0 aromatic rings.